The van der Waals surface area contributed by atoms with Gasteiger partial charge in [0.15, 0.2) is 0 Å². The van der Waals surface area contributed by atoms with Crippen LogP contribution in [0.3, 0.4) is 0 Å². The Morgan fingerprint density at radius 3 is 2.87 bits per heavy atom. The minimum absolute atomic E-state index is 0.109. The van der Waals surface area contributed by atoms with Crippen molar-refractivity contribution in [3.63, 3.8) is 0 Å². The Morgan fingerprint density at radius 1 is 1.60 bits per heavy atom. The summed E-state index contributed by atoms with van der Waals surface area (Å²) >= 11 is 0. The predicted octanol–water partition coefficient (Wildman–Crippen LogP) is 0.620. The van der Waals surface area contributed by atoms with E-state index in [4.69, 9.17) is 4.74 Å². The van der Waals surface area contributed by atoms with Gasteiger partial charge in [0.1, 0.15) is 6.10 Å². The van der Waals surface area contributed by atoms with E-state index in [0.29, 0.717) is 12.6 Å². The average Bonchev–Trinajstić information content (AvgIpc) is 2.21. The molecule has 1 N–H and O–H groups in total. The normalized spacial score (nSPS) is 28.9. The minimum atomic E-state index is -0.317. The Balaban J connectivity index is 2.56. The molecule has 1 rings (SSSR count). The molecule has 1 amide bonds. The first kappa shape index (κ1) is 12.5. The van der Waals surface area contributed by atoms with Gasteiger partial charge in [-0.1, -0.05) is 0 Å². The molecule has 88 valence electrons. The highest BCUT2D eigenvalue weighted by Crippen LogP contribution is 2.09. The highest BCUT2D eigenvalue weighted by Gasteiger charge is 2.29. The van der Waals surface area contributed by atoms with Crippen molar-refractivity contribution in [3.05, 3.63) is 0 Å². The van der Waals surface area contributed by atoms with E-state index < -0.39 is 0 Å². The smallest absolute Gasteiger partial charge is 0.251 e. The molecule has 0 aromatic carbocycles. The van der Waals surface area contributed by atoms with Crippen molar-refractivity contribution in [2.45, 2.75) is 45.9 Å². The average molecular weight is 214 g/mol. The first-order chi connectivity index (χ1) is 7.06. The summed E-state index contributed by atoms with van der Waals surface area (Å²) in [5.41, 5.74) is 0. The van der Waals surface area contributed by atoms with E-state index in [-0.39, 0.29) is 18.1 Å². The SMILES string of the molecule is CCOC(C)C(=O)N1CC(C)NCC1C. The van der Waals surface area contributed by atoms with Crippen molar-refractivity contribution in [2.24, 2.45) is 0 Å². The third-order valence-electron chi connectivity index (χ3n) is 2.81. The molecule has 1 heterocycles. The number of nitrogens with zero attached hydrogens (tertiary/aromatic N) is 1. The molecule has 1 saturated heterocycles. The van der Waals surface area contributed by atoms with Crippen LogP contribution < -0.4 is 5.32 Å². The fourth-order valence-corrected chi connectivity index (χ4v) is 1.88. The van der Waals surface area contributed by atoms with Crippen LogP contribution in [0.5, 0.6) is 0 Å². The second-order valence-electron chi connectivity index (χ2n) is 4.25. The summed E-state index contributed by atoms with van der Waals surface area (Å²) in [5, 5.41) is 3.35. The van der Waals surface area contributed by atoms with Crippen molar-refractivity contribution < 1.29 is 9.53 Å². The van der Waals surface area contributed by atoms with Gasteiger partial charge >= 0.3 is 0 Å². The Labute approximate surface area is 92.0 Å². The van der Waals surface area contributed by atoms with Crippen LogP contribution in [0.2, 0.25) is 0 Å². The summed E-state index contributed by atoms with van der Waals surface area (Å²) in [4.78, 5) is 13.9. The molecular weight excluding hydrogens is 192 g/mol. The lowest BCUT2D eigenvalue weighted by molar-refractivity contribution is -0.145. The third kappa shape index (κ3) is 3.18. The number of hydrogen-bond donors (Lipinski definition) is 1. The van der Waals surface area contributed by atoms with Gasteiger partial charge < -0.3 is 15.0 Å². The number of rotatable bonds is 3. The molecule has 0 aromatic rings. The molecule has 1 fully saturated rings. The quantitative estimate of drug-likeness (QED) is 0.749. The molecule has 0 bridgehead atoms. The lowest BCUT2D eigenvalue weighted by atomic mass is 10.1. The second kappa shape index (κ2) is 5.47. The minimum Gasteiger partial charge on any atom is -0.369 e. The van der Waals surface area contributed by atoms with Crippen molar-refractivity contribution in [2.75, 3.05) is 19.7 Å². The Morgan fingerprint density at radius 2 is 2.27 bits per heavy atom. The predicted molar refractivity (Wildman–Crippen MR) is 59.7 cm³/mol. The molecule has 0 saturated carbocycles. The summed E-state index contributed by atoms with van der Waals surface area (Å²) in [7, 11) is 0. The number of hydrogen-bond acceptors (Lipinski definition) is 3. The molecule has 0 radical (unpaired) electrons. The fraction of sp³-hybridized carbons (Fsp3) is 0.909. The maximum absolute atomic E-state index is 12.0. The number of amides is 1. The van der Waals surface area contributed by atoms with Crippen molar-refractivity contribution in [3.8, 4) is 0 Å². The zero-order valence-corrected chi connectivity index (χ0v) is 10.1. The molecule has 1 aliphatic rings. The Hall–Kier alpha value is -0.610. The van der Waals surface area contributed by atoms with Crippen molar-refractivity contribution in [1.29, 1.82) is 0 Å². The molecule has 1 aliphatic heterocycles. The second-order valence-corrected chi connectivity index (χ2v) is 4.25. The van der Waals surface area contributed by atoms with Gasteiger partial charge in [0.2, 0.25) is 0 Å². The van der Waals surface area contributed by atoms with E-state index >= 15 is 0 Å². The van der Waals surface area contributed by atoms with Gasteiger partial charge in [0, 0.05) is 31.8 Å². The van der Waals surface area contributed by atoms with Gasteiger partial charge in [-0.05, 0) is 27.7 Å². The summed E-state index contributed by atoms with van der Waals surface area (Å²) < 4.78 is 5.33. The number of carbonyl (C=O) groups excluding carboxylic acids is 1. The molecule has 3 unspecified atom stereocenters. The van der Waals surface area contributed by atoms with Gasteiger partial charge in [-0.25, -0.2) is 0 Å². The van der Waals surface area contributed by atoms with E-state index in [0.717, 1.165) is 13.1 Å². The van der Waals surface area contributed by atoms with Crippen LogP contribution in [0, 0.1) is 0 Å². The van der Waals surface area contributed by atoms with Crippen LogP contribution in [0.4, 0.5) is 0 Å². The first-order valence-corrected chi connectivity index (χ1v) is 5.71. The van der Waals surface area contributed by atoms with Crippen LogP contribution in [0.1, 0.15) is 27.7 Å². The molecule has 15 heavy (non-hydrogen) atoms. The fourth-order valence-electron chi connectivity index (χ4n) is 1.88. The summed E-state index contributed by atoms with van der Waals surface area (Å²) in [5.74, 6) is 0.109. The van der Waals surface area contributed by atoms with E-state index in [2.05, 4.69) is 19.2 Å². The van der Waals surface area contributed by atoms with Gasteiger partial charge in [-0.15, -0.1) is 0 Å². The van der Waals surface area contributed by atoms with Crippen molar-refractivity contribution in [1.82, 2.24) is 10.2 Å². The van der Waals surface area contributed by atoms with Crippen LogP contribution in [0.25, 0.3) is 0 Å². The molecule has 4 nitrogen and oxygen atoms in total. The third-order valence-corrected chi connectivity index (χ3v) is 2.81. The molecule has 0 aliphatic carbocycles. The lowest BCUT2D eigenvalue weighted by Crippen LogP contribution is -2.58. The molecule has 0 spiro atoms. The number of ether oxygens (including phenoxy) is 1. The molecule has 3 atom stereocenters. The highest BCUT2D eigenvalue weighted by molar-refractivity contribution is 5.81. The summed E-state index contributed by atoms with van der Waals surface area (Å²) in [6.07, 6.45) is -0.317. The van der Waals surface area contributed by atoms with Gasteiger partial charge in [0.25, 0.3) is 5.91 Å². The zero-order valence-electron chi connectivity index (χ0n) is 10.1. The zero-order chi connectivity index (χ0) is 11.4. The standard InChI is InChI=1S/C11H22N2O2/c1-5-15-10(4)11(14)13-7-8(2)12-6-9(13)3/h8-10,12H,5-7H2,1-4H3. The monoisotopic (exact) mass is 214 g/mol. The van der Waals surface area contributed by atoms with Crippen LogP contribution in [-0.4, -0.2) is 48.7 Å². The topological polar surface area (TPSA) is 41.6 Å². The molecule has 0 aromatic heterocycles. The van der Waals surface area contributed by atoms with Crippen molar-refractivity contribution >= 4 is 5.91 Å². The van der Waals surface area contributed by atoms with Gasteiger partial charge in [-0.3, -0.25) is 4.79 Å². The largest absolute Gasteiger partial charge is 0.369 e. The number of nitrogens with one attached hydrogen (secondary N) is 1. The van der Waals surface area contributed by atoms with E-state index in [1.54, 1.807) is 0 Å². The first-order valence-electron chi connectivity index (χ1n) is 5.71. The number of piperazine rings is 1. The van der Waals surface area contributed by atoms with E-state index in [1.807, 2.05) is 18.7 Å². The lowest BCUT2D eigenvalue weighted by Gasteiger charge is -2.38. The maximum Gasteiger partial charge on any atom is 0.251 e. The van der Waals surface area contributed by atoms with Gasteiger partial charge in [0.05, 0.1) is 0 Å². The van der Waals surface area contributed by atoms with Crippen LogP contribution in [0.15, 0.2) is 0 Å². The maximum atomic E-state index is 12.0. The Bertz CT molecular complexity index is 221. The Kier molecular flexibility index (Phi) is 4.54. The van der Waals surface area contributed by atoms with Crippen LogP contribution >= 0.6 is 0 Å². The number of carbonyl (C=O) groups is 1. The van der Waals surface area contributed by atoms with Crippen LogP contribution in [-0.2, 0) is 9.53 Å². The van der Waals surface area contributed by atoms with Gasteiger partial charge in [-0.2, -0.15) is 0 Å². The molecular formula is C11H22N2O2. The highest BCUT2D eigenvalue weighted by atomic mass is 16.5. The molecule has 4 heteroatoms. The summed E-state index contributed by atoms with van der Waals surface area (Å²) in [6, 6.07) is 0.635. The van der Waals surface area contributed by atoms with E-state index in [9.17, 15) is 4.79 Å². The summed E-state index contributed by atoms with van der Waals surface area (Å²) in [6.45, 7) is 10.1. The van der Waals surface area contributed by atoms with E-state index in [1.165, 1.54) is 0 Å².